The lowest BCUT2D eigenvalue weighted by atomic mass is 10.00. The van der Waals surface area contributed by atoms with Gasteiger partial charge in [-0.25, -0.2) is 4.79 Å². The van der Waals surface area contributed by atoms with E-state index in [1.54, 1.807) is 6.92 Å². The van der Waals surface area contributed by atoms with Crippen molar-refractivity contribution < 1.29 is 23.5 Å². The summed E-state index contributed by atoms with van der Waals surface area (Å²) >= 11 is 3.77. The minimum atomic E-state index is -0.737. The van der Waals surface area contributed by atoms with Crippen LogP contribution >= 0.6 is 15.9 Å². The van der Waals surface area contributed by atoms with Crippen molar-refractivity contribution in [1.29, 1.82) is 0 Å². The average Bonchev–Trinajstić information content (AvgIpc) is 3.75. The molecule has 0 atom stereocenters. The molecule has 1 amide bonds. The molecule has 11 heteroatoms. The normalized spacial score (nSPS) is 14.3. The smallest absolute Gasteiger partial charge is 0.455 e. The van der Waals surface area contributed by atoms with Gasteiger partial charge in [0.1, 0.15) is 16.9 Å². The molecule has 42 heavy (non-hydrogen) atoms. The topological polar surface area (TPSA) is 123 Å². The number of amides is 1. The molecule has 5 rings (SSSR count). The van der Waals surface area contributed by atoms with Crippen molar-refractivity contribution in [2.45, 2.75) is 77.4 Å². The second-order valence-electron chi connectivity index (χ2n) is 10.7. The van der Waals surface area contributed by atoms with E-state index in [2.05, 4.69) is 43.5 Å². The van der Waals surface area contributed by atoms with Crippen LogP contribution in [0, 0.1) is 0 Å². The highest BCUT2D eigenvalue weighted by atomic mass is 79.9. The monoisotopic (exact) mass is 637 g/mol. The number of benzene rings is 2. The van der Waals surface area contributed by atoms with Gasteiger partial charge in [-0.15, -0.1) is 10.2 Å². The summed E-state index contributed by atoms with van der Waals surface area (Å²) in [6.45, 7) is 4.85. The molecule has 0 bridgehead atoms. The van der Waals surface area contributed by atoms with Gasteiger partial charge >= 0.3 is 6.16 Å². The second-order valence-corrected chi connectivity index (χ2v) is 11.5. The van der Waals surface area contributed by atoms with E-state index >= 15 is 0 Å². The first kappa shape index (κ1) is 29.8. The van der Waals surface area contributed by atoms with Crippen molar-refractivity contribution >= 4 is 39.0 Å². The number of rotatable bonds is 12. The molecular formula is C31H36BrN5O5. The van der Waals surface area contributed by atoms with Crippen molar-refractivity contribution in [2.24, 2.45) is 0 Å². The molecule has 0 unspecified atom stereocenters. The van der Waals surface area contributed by atoms with E-state index in [4.69, 9.17) is 13.9 Å². The number of nitrogens with zero attached hydrogens (tertiary/aromatic N) is 4. The summed E-state index contributed by atoms with van der Waals surface area (Å²) in [5, 5.41) is 15.4. The zero-order valence-corrected chi connectivity index (χ0v) is 25.6. The maximum atomic E-state index is 13.5. The largest absolute Gasteiger partial charge is 0.508 e. The lowest BCUT2D eigenvalue weighted by molar-refractivity contribution is -0.136. The highest BCUT2D eigenvalue weighted by molar-refractivity contribution is 9.10. The number of tetrazole rings is 1. The number of nitrogens with one attached hydrogen (secondary N) is 1. The molecule has 2 aromatic carbocycles. The molecule has 1 aliphatic rings. The van der Waals surface area contributed by atoms with Crippen molar-refractivity contribution in [2.75, 3.05) is 13.2 Å². The molecule has 1 aliphatic carbocycles. The van der Waals surface area contributed by atoms with E-state index in [0.717, 1.165) is 58.7 Å². The number of H-pyrrole nitrogens is 1. The summed E-state index contributed by atoms with van der Waals surface area (Å²) < 4.78 is 18.1. The van der Waals surface area contributed by atoms with Crippen LogP contribution in [0.3, 0.4) is 0 Å². The number of aromatic amines is 1. The van der Waals surface area contributed by atoms with E-state index < -0.39 is 11.8 Å². The fourth-order valence-electron chi connectivity index (χ4n) is 5.66. The third kappa shape index (κ3) is 6.67. The summed E-state index contributed by atoms with van der Waals surface area (Å²) in [4.78, 5) is 27.7. The Hall–Kier alpha value is -3.73. The van der Waals surface area contributed by atoms with Crippen LogP contribution in [0.25, 0.3) is 33.7 Å². The van der Waals surface area contributed by atoms with Crippen LogP contribution in [-0.2, 0) is 20.8 Å². The molecule has 1 N–H and O–H groups in total. The lowest BCUT2D eigenvalue weighted by Gasteiger charge is -2.35. The number of hydrogen-bond donors (Lipinski definition) is 1. The van der Waals surface area contributed by atoms with Crippen molar-refractivity contribution in [3.8, 4) is 22.7 Å². The Bertz CT molecular complexity index is 1510. The van der Waals surface area contributed by atoms with Gasteiger partial charge in [0.15, 0.2) is 0 Å². The molecule has 1 fully saturated rings. The molecule has 0 spiro atoms. The lowest BCUT2D eigenvalue weighted by Crippen LogP contribution is -2.46. The number of carbonyl (C=O) groups excluding carboxylic acids is 2. The number of carbonyl (C=O) groups is 2. The van der Waals surface area contributed by atoms with Gasteiger partial charge in [-0.05, 0) is 77.9 Å². The van der Waals surface area contributed by atoms with Crippen LogP contribution in [0.4, 0.5) is 4.79 Å². The van der Waals surface area contributed by atoms with Crippen LogP contribution in [0.2, 0.25) is 0 Å². The summed E-state index contributed by atoms with van der Waals surface area (Å²) in [6, 6.07) is 13.7. The van der Waals surface area contributed by atoms with Crippen molar-refractivity contribution in [3.63, 3.8) is 0 Å². The van der Waals surface area contributed by atoms with Gasteiger partial charge in [-0.3, -0.25) is 4.79 Å². The predicted octanol–water partition coefficient (Wildman–Crippen LogP) is 7.44. The molecule has 4 aromatic rings. The fraction of sp³-hybridized carbons (Fsp3) is 0.452. The van der Waals surface area contributed by atoms with Gasteiger partial charge in [0.25, 0.3) is 0 Å². The first-order valence-electron chi connectivity index (χ1n) is 14.6. The van der Waals surface area contributed by atoms with Crippen LogP contribution < -0.4 is 0 Å². The van der Waals surface area contributed by atoms with Crippen LogP contribution in [0.5, 0.6) is 0 Å². The maximum Gasteiger partial charge on any atom is 0.508 e. The number of unbranched alkanes of at least 4 members (excludes halogenated alkanes) is 2. The Kier molecular flexibility index (Phi) is 9.56. The number of ether oxygens (including phenoxy) is 2. The first-order valence-corrected chi connectivity index (χ1v) is 15.4. The Morgan fingerprint density at radius 1 is 1.10 bits per heavy atom. The van der Waals surface area contributed by atoms with E-state index in [0.29, 0.717) is 49.5 Å². The third-order valence-electron chi connectivity index (χ3n) is 7.73. The summed E-state index contributed by atoms with van der Waals surface area (Å²) in [5.74, 6) is 1.19. The fourth-order valence-corrected chi connectivity index (χ4v) is 6.26. The standard InChI is InChI=1S/C31H36BrN5O5/c1-3-5-6-13-26(38)37(20-31(16-9-10-17-31)42-30(39)40-4-2)19-21-14-15-25-24(18-21)27(32)28(41-25)22-11-7-8-12-23(22)29-33-35-36-34-29/h7-8,11-12,14-15,18H,3-6,9-10,13,16-17,19-20H2,1-2H3,(H,33,34,35,36). The number of furan rings is 1. The quantitative estimate of drug-likeness (QED) is 0.126. The van der Waals surface area contributed by atoms with E-state index in [1.807, 2.05) is 47.4 Å². The van der Waals surface area contributed by atoms with Gasteiger partial charge in [-0.1, -0.05) is 50.1 Å². The molecule has 0 saturated heterocycles. The highest BCUT2D eigenvalue weighted by Gasteiger charge is 2.41. The van der Waals surface area contributed by atoms with Gasteiger partial charge in [-0.2, -0.15) is 5.21 Å². The van der Waals surface area contributed by atoms with Crippen molar-refractivity contribution in [1.82, 2.24) is 25.5 Å². The number of halogens is 1. The summed E-state index contributed by atoms with van der Waals surface area (Å²) in [6.07, 6.45) is 5.94. The first-order chi connectivity index (χ1) is 20.4. The summed E-state index contributed by atoms with van der Waals surface area (Å²) in [5.41, 5.74) is 2.55. The number of fused-ring (bicyclic) bond motifs is 1. The molecule has 2 heterocycles. The minimum absolute atomic E-state index is 0.0586. The number of hydrogen-bond acceptors (Lipinski definition) is 8. The molecule has 1 saturated carbocycles. The molecule has 2 aromatic heterocycles. The highest BCUT2D eigenvalue weighted by Crippen LogP contribution is 2.41. The molecule has 10 nitrogen and oxygen atoms in total. The Morgan fingerprint density at radius 3 is 2.60 bits per heavy atom. The number of aromatic nitrogens is 4. The molecule has 222 valence electrons. The third-order valence-corrected chi connectivity index (χ3v) is 8.51. The zero-order chi connectivity index (χ0) is 29.5. The van der Waals surface area contributed by atoms with Crippen molar-refractivity contribution in [3.05, 3.63) is 52.5 Å². The van der Waals surface area contributed by atoms with Crippen LogP contribution in [-0.4, -0.2) is 56.3 Å². The SMILES string of the molecule is CCCCCC(=O)N(Cc1ccc2oc(-c3ccccc3-c3nn[nH]n3)c(Br)c2c1)CC1(OC(=O)OCC)CCCC1. The van der Waals surface area contributed by atoms with E-state index in [-0.39, 0.29) is 12.5 Å². The van der Waals surface area contributed by atoms with Gasteiger partial charge in [0, 0.05) is 29.5 Å². The zero-order valence-electron chi connectivity index (χ0n) is 24.0. The second kappa shape index (κ2) is 13.5. The average molecular weight is 639 g/mol. The van der Waals surface area contributed by atoms with Gasteiger partial charge < -0.3 is 18.8 Å². The molecular weight excluding hydrogens is 602 g/mol. The predicted molar refractivity (Wildman–Crippen MR) is 161 cm³/mol. The van der Waals surface area contributed by atoms with Gasteiger partial charge in [0.2, 0.25) is 11.7 Å². The minimum Gasteiger partial charge on any atom is -0.455 e. The van der Waals surface area contributed by atoms with E-state index in [1.165, 1.54) is 0 Å². The van der Waals surface area contributed by atoms with Crippen LogP contribution in [0.15, 0.2) is 51.4 Å². The Morgan fingerprint density at radius 2 is 1.88 bits per heavy atom. The van der Waals surface area contributed by atoms with E-state index in [9.17, 15) is 9.59 Å². The Balaban J connectivity index is 1.44. The van der Waals surface area contributed by atoms with Gasteiger partial charge in [0.05, 0.1) is 17.6 Å². The Labute approximate surface area is 253 Å². The molecule has 0 aliphatic heterocycles. The summed E-state index contributed by atoms with van der Waals surface area (Å²) in [7, 11) is 0. The van der Waals surface area contributed by atoms with Crippen LogP contribution in [0.1, 0.15) is 70.8 Å². The molecule has 0 radical (unpaired) electrons. The maximum absolute atomic E-state index is 13.5.